The Bertz CT molecular complexity index is 414. The van der Waals surface area contributed by atoms with Gasteiger partial charge in [-0.15, -0.1) is 0 Å². The molecular formula is C11H13N3OS. The molecule has 0 radical (unpaired) electrons. The van der Waals surface area contributed by atoms with Crippen LogP contribution in [-0.2, 0) is 11.3 Å². The number of amides is 1. The van der Waals surface area contributed by atoms with Crippen LogP contribution in [0.1, 0.15) is 18.4 Å². The highest BCUT2D eigenvalue weighted by Gasteiger charge is 2.52. The van der Waals surface area contributed by atoms with Crippen molar-refractivity contribution in [3.05, 3.63) is 30.1 Å². The Kier molecular flexibility index (Phi) is 2.87. The Morgan fingerprint density at radius 1 is 1.62 bits per heavy atom. The first kappa shape index (κ1) is 11.0. The summed E-state index contributed by atoms with van der Waals surface area (Å²) in [7, 11) is 0. The number of nitrogens with zero attached hydrogens (tertiary/aromatic N) is 1. The lowest BCUT2D eigenvalue weighted by molar-refractivity contribution is -0.124. The van der Waals surface area contributed by atoms with Gasteiger partial charge in [-0.25, -0.2) is 0 Å². The average molecular weight is 235 g/mol. The van der Waals surface area contributed by atoms with Crippen LogP contribution in [0.3, 0.4) is 0 Å². The van der Waals surface area contributed by atoms with E-state index in [1.165, 1.54) is 0 Å². The van der Waals surface area contributed by atoms with E-state index >= 15 is 0 Å². The number of carbonyl (C=O) groups excluding carboxylic acids is 1. The standard InChI is InChI=1S/C11H13N3OS/c12-9(16)11(3-4-11)10(15)14-7-8-2-1-5-13-6-8/h1-2,5-6H,3-4,7H2,(H2,12,16)(H,14,15). The fourth-order valence-electron chi connectivity index (χ4n) is 1.56. The van der Waals surface area contributed by atoms with Gasteiger partial charge in [0.2, 0.25) is 5.91 Å². The maximum absolute atomic E-state index is 11.8. The number of aromatic nitrogens is 1. The molecule has 1 saturated carbocycles. The van der Waals surface area contributed by atoms with Gasteiger partial charge in [0.05, 0.1) is 10.4 Å². The summed E-state index contributed by atoms with van der Waals surface area (Å²) in [5.74, 6) is -0.0659. The lowest BCUT2D eigenvalue weighted by atomic mass is 10.1. The van der Waals surface area contributed by atoms with E-state index in [4.69, 9.17) is 18.0 Å². The van der Waals surface area contributed by atoms with E-state index in [0.717, 1.165) is 18.4 Å². The van der Waals surface area contributed by atoms with E-state index in [9.17, 15) is 4.79 Å². The van der Waals surface area contributed by atoms with Gasteiger partial charge < -0.3 is 11.1 Å². The first-order chi connectivity index (χ1) is 7.65. The molecule has 5 heteroatoms. The van der Waals surface area contributed by atoms with Gasteiger partial charge in [-0.2, -0.15) is 0 Å². The number of hydrogen-bond donors (Lipinski definition) is 2. The SMILES string of the molecule is NC(=S)C1(C(=O)NCc2cccnc2)CC1. The molecule has 1 fully saturated rings. The molecule has 0 bridgehead atoms. The molecule has 16 heavy (non-hydrogen) atoms. The van der Waals surface area contributed by atoms with Gasteiger partial charge in [0.15, 0.2) is 0 Å². The third kappa shape index (κ3) is 2.04. The summed E-state index contributed by atoms with van der Waals surface area (Å²) in [4.78, 5) is 16.1. The largest absolute Gasteiger partial charge is 0.392 e. The minimum atomic E-state index is -0.572. The molecule has 1 amide bonds. The van der Waals surface area contributed by atoms with E-state index < -0.39 is 5.41 Å². The van der Waals surface area contributed by atoms with Gasteiger partial charge in [-0.3, -0.25) is 9.78 Å². The smallest absolute Gasteiger partial charge is 0.233 e. The molecule has 1 aromatic heterocycles. The van der Waals surface area contributed by atoms with Crippen molar-refractivity contribution < 1.29 is 4.79 Å². The van der Waals surface area contributed by atoms with Crippen molar-refractivity contribution in [2.45, 2.75) is 19.4 Å². The fourth-order valence-corrected chi connectivity index (χ4v) is 1.86. The van der Waals surface area contributed by atoms with Crippen LogP contribution in [0, 0.1) is 5.41 Å². The van der Waals surface area contributed by atoms with Crippen LogP contribution < -0.4 is 11.1 Å². The summed E-state index contributed by atoms with van der Waals surface area (Å²) >= 11 is 4.91. The number of pyridine rings is 1. The van der Waals surface area contributed by atoms with Crippen LogP contribution in [0.2, 0.25) is 0 Å². The zero-order valence-corrected chi connectivity index (χ0v) is 9.59. The Hall–Kier alpha value is -1.49. The van der Waals surface area contributed by atoms with Gasteiger partial charge in [0, 0.05) is 18.9 Å². The van der Waals surface area contributed by atoms with Crippen LogP contribution in [0.25, 0.3) is 0 Å². The molecule has 1 heterocycles. The molecule has 4 nitrogen and oxygen atoms in total. The third-order valence-corrected chi connectivity index (χ3v) is 3.22. The summed E-state index contributed by atoms with van der Waals surface area (Å²) in [6.45, 7) is 0.469. The number of thiocarbonyl (C=S) groups is 1. The topological polar surface area (TPSA) is 68.0 Å². The highest BCUT2D eigenvalue weighted by molar-refractivity contribution is 7.80. The second-order valence-corrected chi connectivity index (χ2v) is 4.43. The zero-order valence-electron chi connectivity index (χ0n) is 8.77. The van der Waals surface area contributed by atoms with E-state index in [2.05, 4.69) is 10.3 Å². The number of carbonyl (C=O) groups is 1. The summed E-state index contributed by atoms with van der Waals surface area (Å²) < 4.78 is 0. The predicted octanol–water partition coefficient (Wildman–Crippen LogP) is 0.764. The van der Waals surface area contributed by atoms with Crippen molar-refractivity contribution in [2.75, 3.05) is 0 Å². The first-order valence-corrected chi connectivity index (χ1v) is 5.53. The summed E-state index contributed by atoms with van der Waals surface area (Å²) in [5, 5.41) is 2.84. The van der Waals surface area contributed by atoms with Crippen LogP contribution in [0.5, 0.6) is 0 Å². The van der Waals surface area contributed by atoms with E-state index in [1.807, 2.05) is 12.1 Å². The number of rotatable bonds is 4. The predicted molar refractivity (Wildman–Crippen MR) is 64.5 cm³/mol. The van der Waals surface area contributed by atoms with Gasteiger partial charge in [0.1, 0.15) is 0 Å². The molecule has 0 aromatic carbocycles. The minimum absolute atomic E-state index is 0.0659. The molecule has 1 aliphatic carbocycles. The normalized spacial score (nSPS) is 16.5. The van der Waals surface area contributed by atoms with Gasteiger partial charge in [0.25, 0.3) is 0 Å². The van der Waals surface area contributed by atoms with Gasteiger partial charge in [-0.1, -0.05) is 18.3 Å². The highest BCUT2D eigenvalue weighted by Crippen LogP contribution is 2.46. The molecule has 3 N–H and O–H groups in total. The minimum Gasteiger partial charge on any atom is -0.392 e. The molecule has 2 rings (SSSR count). The maximum atomic E-state index is 11.8. The quantitative estimate of drug-likeness (QED) is 0.756. The highest BCUT2D eigenvalue weighted by atomic mass is 32.1. The lowest BCUT2D eigenvalue weighted by Gasteiger charge is -2.13. The monoisotopic (exact) mass is 235 g/mol. The molecule has 0 aliphatic heterocycles. The Balaban J connectivity index is 1.92. The molecule has 0 unspecified atom stereocenters. The third-order valence-electron chi connectivity index (χ3n) is 2.83. The summed E-state index contributed by atoms with van der Waals surface area (Å²) in [6, 6.07) is 3.75. The van der Waals surface area contributed by atoms with Crippen molar-refractivity contribution in [2.24, 2.45) is 11.1 Å². The Labute approximate surface area is 99.2 Å². The van der Waals surface area contributed by atoms with Crippen LogP contribution in [0.15, 0.2) is 24.5 Å². The molecule has 0 spiro atoms. The molecule has 0 atom stereocenters. The molecule has 1 aromatic rings. The molecule has 1 aliphatic rings. The second kappa shape index (κ2) is 4.17. The Morgan fingerprint density at radius 3 is 2.88 bits per heavy atom. The van der Waals surface area contributed by atoms with Crippen LogP contribution in [-0.4, -0.2) is 15.9 Å². The fraction of sp³-hybridized carbons (Fsp3) is 0.364. The molecule has 0 saturated heterocycles. The number of nitrogens with two attached hydrogens (primary N) is 1. The average Bonchev–Trinajstić information content (AvgIpc) is 3.08. The Morgan fingerprint density at radius 2 is 2.38 bits per heavy atom. The van der Waals surface area contributed by atoms with Crippen LogP contribution in [0.4, 0.5) is 0 Å². The van der Waals surface area contributed by atoms with E-state index in [-0.39, 0.29) is 5.91 Å². The van der Waals surface area contributed by atoms with Gasteiger partial charge in [-0.05, 0) is 24.5 Å². The van der Waals surface area contributed by atoms with E-state index in [0.29, 0.717) is 11.5 Å². The molecular weight excluding hydrogens is 222 g/mol. The second-order valence-electron chi connectivity index (χ2n) is 3.99. The van der Waals surface area contributed by atoms with Crippen molar-refractivity contribution in [1.29, 1.82) is 0 Å². The summed E-state index contributed by atoms with van der Waals surface area (Å²) in [6.07, 6.45) is 4.95. The van der Waals surface area contributed by atoms with Crippen molar-refractivity contribution in [3.8, 4) is 0 Å². The van der Waals surface area contributed by atoms with Gasteiger partial charge >= 0.3 is 0 Å². The van der Waals surface area contributed by atoms with Crippen molar-refractivity contribution in [3.63, 3.8) is 0 Å². The van der Waals surface area contributed by atoms with Crippen molar-refractivity contribution >= 4 is 23.1 Å². The van der Waals surface area contributed by atoms with Crippen molar-refractivity contribution in [1.82, 2.24) is 10.3 Å². The van der Waals surface area contributed by atoms with Crippen LogP contribution >= 0.6 is 12.2 Å². The van der Waals surface area contributed by atoms with E-state index in [1.54, 1.807) is 12.4 Å². The molecule has 84 valence electrons. The zero-order chi connectivity index (χ0) is 11.6. The maximum Gasteiger partial charge on any atom is 0.233 e. The first-order valence-electron chi connectivity index (χ1n) is 5.12. The number of hydrogen-bond acceptors (Lipinski definition) is 3. The number of nitrogens with one attached hydrogen (secondary N) is 1. The summed E-state index contributed by atoms with van der Waals surface area (Å²) in [5.41, 5.74) is 5.96. The lowest BCUT2D eigenvalue weighted by Crippen LogP contribution is -2.39.